The Labute approximate surface area is 104 Å². The van der Waals surface area contributed by atoms with Crippen molar-refractivity contribution in [3.63, 3.8) is 0 Å². The van der Waals surface area contributed by atoms with Gasteiger partial charge in [0.15, 0.2) is 0 Å². The summed E-state index contributed by atoms with van der Waals surface area (Å²) >= 11 is 0. The fourth-order valence-corrected chi connectivity index (χ4v) is 8.11. The predicted octanol–water partition coefficient (Wildman–Crippen LogP) is 3.38. The normalized spacial score (nSPS) is 26.9. The molecule has 0 radical (unpaired) electrons. The molecular weight excluding hydrogens is 274 g/mol. The van der Waals surface area contributed by atoms with Crippen LogP contribution in [0, 0.1) is 0 Å². The molecule has 0 saturated heterocycles. The monoisotopic (exact) mass is 291 g/mol. The molecule has 2 nitrogen and oxygen atoms in total. The fourth-order valence-electron chi connectivity index (χ4n) is 2.39. The van der Waals surface area contributed by atoms with Crippen molar-refractivity contribution >= 4 is 33.1 Å². The molecule has 0 saturated carbocycles. The highest BCUT2D eigenvalue weighted by atomic mass is 32.6. The molecule has 2 rings (SSSR count). The van der Waals surface area contributed by atoms with Crippen molar-refractivity contribution in [1.29, 1.82) is 0 Å². The van der Waals surface area contributed by atoms with Crippen LogP contribution in [0.1, 0.15) is 25.1 Å². The Kier molecular flexibility index (Phi) is 4.54. The maximum absolute atomic E-state index is 11.9. The highest BCUT2D eigenvalue weighted by molar-refractivity contribution is 8.61. The third-order valence-corrected chi connectivity index (χ3v) is 14.7. The number of rotatable bonds is 2. The van der Waals surface area contributed by atoms with Crippen LogP contribution >= 0.6 is 33.1 Å². The smallest absolute Gasteiger partial charge is 0.250 e. The van der Waals surface area contributed by atoms with E-state index >= 15 is 0 Å². The summed E-state index contributed by atoms with van der Waals surface area (Å²) < 4.78 is 2.00. The summed E-state index contributed by atoms with van der Waals surface area (Å²) in [4.78, 5) is 11.9. The van der Waals surface area contributed by atoms with Gasteiger partial charge in [0, 0.05) is 23.5 Å². The molecule has 0 aliphatic carbocycles. The Morgan fingerprint density at radius 3 is 3.00 bits per heavy atom. The molecular formula is C10H17NOP4. The van der Waals surface area contributed by atoms with Crippen molar-refractivity contribution in [2.75, 3.05) is 0 Å². The van der Waals surface area contributed by atoms with Gasteiger partial charge in [-0.05, 0) is 25.8 Å². The Morgan fingerprint density at radius 2 is 2.31 bits per heavy atom. The largest absolute Gasteiger partial charge is 0.309 e. The maximum atomic E-state index is 11.9. The van der Waals surface area contributed by atoms with Crippen molar-refractivity contribution in [3.05, 3.63) is 34.2 Å². The number of aromatic nitrogens is 1. The molecule has 0 aromatic carbocycles. The molecule has 0 amide bonds. The standard InChI is InChI=1S/C10H17NOP4/c1-7-9(16(14)15-13)6-5-8-3-2-4-10(12)11(7)8/h2-4,7,9,15H,5-6,13-14H2,1H3. The third-order valence-electron chi connectivity index (χ3n) is 3.24. The molecule has 2 heterocycles. The third kappa shape index (κ3) is 2.42. The first-order valence-corrected chi connectivity index (χ1v) is 12.0. The zero-order valence-electron chi connectivity index (χ0n) is 9.26. The van der Waals surface area contributed by atoms with Crippen LogP contribution in [0.4, 0.5) is 0 Å². The number of hydrogen-bond donors (Lipinski definition) is 0. The minimum atomic E-state index is -0.0250. The summed E-state index contributed by atoms with van der Waals surface area (Å²) in [6.45, 7) is 2.19. The van der Waals surface area contributed by atoms with Crippen LogP contribution in [0.25, 0.3) is 0 Å². The molecule has 16 heavy (non-hydrogen) atoms. The predicted molar refractivity (Wildman–Crippen MR) is 82.2 cm³/mol. The molecule has 0 spiro atoms. The molecule has 1 aliphatic rings. The molecule has 6 heteroatoms. The van der Waals surface area contributed by atoms with E-state index in [2.05, 4.69) is 30.8 Å². The maximum Gasteiger partial charge on any atom is 0.250 e. The van der Waals surface area contributed by atoms with Crippen molar-refractivity contribution in [2.24, 2.45) is 0 Å². The lowest BCUT2D eigenvalue weighted by atomic mass is 10.0. The van der Waals surface area contributed by atoms with Crippen LogP contribution in [0.15, 0.2) is 23.0 Å². The van der Waals surface area contributed by atoms with Gasteiger partial charge in [0.05, 0.1) is 0 Å². The van der Waals surface area contributed by atoms with Crippen LogP contribution in [0.3, 0.4) is 0 Å². The second-order valence-corrected chi connectivity index (χ2v) is 13.7. The van der Waals surface area contributed by atoms with Gasteiger partial charge in [0.2, 0.25) is 0 Å². The van der Waals surface area contributed by atoms with Gasteiger partial charge in [0.25, 0.3) is 5.56 Å². The zero-order valence-corrected chi connectivity index (χ0v) is 13.5. The van der Waals surface area contributed by atoms with Gasteiger partial charge >= 0.3 is 0 Å². The molecule has 1 aliphatic heterocycles. The summed E-state index contributed by atoms with van der Waals surface area (Å²) in [5, 5.41) is 0. The molecule has 0 N–H and O–H groups in total. The lowest BCUT2D eigenvalue weighted by Crippen LogP contribution is -2.35. The minimum absolute atomic E-state index is 0.0250. The first-order chi connectivity index (χ1) is 7.65. The van der Waals surface area contributed by atoms with Crippen molar-refractivity contribution < 1.29 is 0 Å². The Balaban J connectivity index is 2.38. The van der Waals surface area contributed by atoms with E-state index in [1.165, 1.54) is 12.1 Å². The number of fused-ring (bicyclic) bond motifs is 1. The Morgan fingerprint density at radius 1 is 1.56 bits per heavy atom. The quantitative estimate of drug-likeness (QED) is 0.766. The highest BCUT2D eigenvalue weighted by Gasteiger charge is 2.29. The lowest BCUT2D eigenvalue weighted by Gasteiger charge is -2.36. The summed E-state index contributed by atoms with van der Waals surface area (Å²) in [6.07, 6.45) is 2.27. The van der Waals surface area contributed by atoms with Crippen molar-refractivity contribution in [1.82, 2.24) is 4.57 Å². The van der Waals surface area contributed by atoms with E-state index in [9.17, 15) is 4.79 Å². The summed E-state index contributed by atoms with van der Waals surface area (Å²) in [7, 11) is 6.74. The minimum Gasteiger partial charge on any atom is -0.309 e. The number of pyridine rings is 1. The molecule has 6 atom stereocenters. The van der Waals surface area contributed by atoms with Gasteiger partial charge in [-0.15, -0.1) is 17.9 Å². The Hall–Kier alpha value is 0.670. The first-order valence-electron chi connectivity index (χ1n) is 5.35. The van der Waals surface area contributed by atoms with Crippen LogP contribution in [-0.2, 0) is 6.42 Å². The van der Waals surface area contributed by atoms with E-state index in [0.717, 1.165) is 14.4 Å². The molecule has 0 bridgehead atoms. The topological polar surface area (TPSA) is 22.0 Å². The van der Waals surface area contributed by atoms with E-state index in [0.29, 0.717) is 11.7 Å². The molecule has 0 fully saturated rings. The number of hydrogen-bond acceptors (Lipinski definition) is 1. The van der Waals surface area contributed by atoms with E-state index in [1.807, 2.05) is 10.6 Å². The molecule has 88 valence electrons. The van der Waals surface area contributed by atoms with E-state index in [1.54, 1.807) is 6.07 Å². The SMILES string of the molecule is CC1C(P(P)PP)CCc2cccc(=O)n21. The van der Waals surface area contributed by atoms with Crippen LogP contribution < -0.4 is 5.56 Å². The fraction of sp³-hybridized carbons (Fsp3) is 0.500. The van der Waals surface area contributed by atoms with Gasteiger partial charge in [-0.2, -0.15) is 0 Å². The zero-order chi connectivity index (χ0) is 11.7. The van der Waals surface area contributed by atoms with Gasteiger partial charge in [-0.3, -0.25) is 4.79 Å². The second-order valence-electron chi connectivity index (χ2n) is 4.11. The summed E-state index contributed by atoms with van der Waals surface area (Å²) in [6, 6.07) is 6.00. The van der Waals surface area contributed by atoms with Gasteiger partial charge in [-0.1, -0.05) is 21.3 Å². The number of nitrogens with zero attached hydrogens (tertiary/aromatic N) is 1. The molecule has 6 unspecified atom stereocenters. The van der Waals surface area contributed by atoms with E-state index < -0.39 is 0 Å². The van der Waals surface area contributed by atoms with Crippen LogP contribution in [-0.4, -0.2) is 10.2 Å². The average molecular weight is 291 g/mol. The first kappa shape index (κ1) is 13.1. The summed E-state index contributed by atoms with van der Waals surface area (Å²) in [5.74, 6) is 0. The van der Waals surface area contributed by atoms with Gasteiger partial charge in [-0.25, -0.2) is 0 Å². The van der Waals surface area contributed by atoms with E-state index in [-0.39, 0.29) is 12.9 Å². The summed E-state index contributed by atoms with van der Waals surface area (Å²) in [5.41, 5.74) is 2.04. The van der Waals surface area contributed by atoms with Gasteiger partial charge in [0.1, 0.15) is 0 Å². The number of aryl methyl sites for hydroxylation is 1. The lowest BCUT2D eigenvalue weighted by molar-refractivity contribution is 0.427. The van der Waals surface area contributed by atoms with Crippen LogP contribution in [0.5, 0.6) is 0 Å². The molecule has 1 aromatic heterocycles. The Bertz CT molecular complexity index is 433. The highest BCUT2D eigenvalue weighted by Crippen LogP contribution is 2.71. The average Bonchev–Trinajstić information content (AvgIpc) is 2.28. The van der Waals surface area contributed by atoms with Gasteiger partial charge < -0.3 is 4.57 Å². The second kappa shape index (κ2) is 5.54. The van der Waals surface area contributed by atoms with Crippen LogP contribution in [0.2, 0.25) is 0 Å². The van der Waals surface area contributed by atoms with Crippen molar-refractivity contribution in [3.8, 4) is 0 Å². The van der Waals surface area contributed by atoms with E-state index in [4.69, 9.17) is 0 Å². The molecule has 1 aromatic rings. The van der Waals surface area contributed by atoms with Crippen molar-refractivity contribution in [2.45, 2.75) is 31.5 Å².